The van der Waals surface area contributed by atoms with E-state index in [1.807, 2.05) is 6.92 Å². The Morgan fingerprint density at radius 1 is 1.43 bits per heavy atom. The van der Waals surface area contributed by atoms with E-state index >= 15 is 0 Å². The van der Waals surface area contributed by atoms with E-state index in [-0.39, 0.29) is 18.4 Å². The van der Waals surface area contributed by atoms with Gasteiger partial charge in [0.25, 0.3) is 0 Å². The van der Waals surface area contributed by atoms with E-state index in [2.05, 4.69) is 10.6 Å². The number of benzene rings is 1. The second-order valence-electron chi connectivity index (χ2n) is 4.63. The van der Waals surface area contributed by atoms with E-state index in [0.717, 1.165) is 0 Å². The van der Waals surface area contributed by atoms with Gasteiger partial charge < -0.3 is 16.4 Å². The standard InChI is InChI=1S/C14H21ClN4O2/c1-4-19(8-13(20)17-3)9(2)14(21)18-12-6-5-10(15)7-11(12)16/h5-7,9H,4,8,16H2,1-3H3,(H,17,20)(H,18,21). The molecule has 0 bridgehead atoms. The van der Waals surface area contributed by atoms with Crippen LogP contribution in [0, 0.1) is 0 Å². The fourth-order valence-electron chi connectivity index (χ4n) is 1.84. The van der Waals surface area contributed by atoms with Gasteiger partial charge in [-0.15, -0.1) is 0 Å². The minimum Gasteiger partial charge on any atom is -0.397 e. The molecule has 0 saturated heterocycles. The first-order valence-corrected chi connectivity index (χ1v) is 7.07. The van der Waals surface area contributed by atoms with Gasteiger partial charge in [-0.25, -0.2) is 0 Å². The molecule has 0 aliphatic heterocycles. The number of hydrogen-bond donors (Lipinski definition) is 3. The van der Waals surface area contributed by atoms with E-state index in [1.54, 1.807) is 37.1 Å². The fraction of sp³-hybridized carbons (Fsp3) is 0.429. The van der Waals surface area contributed by atoms with Crippen LogP contribution in [0.2, 0.25) is 5.02 Å². The molecule has 2 amide bonds. The molecular formula is C14H21ClN4O2. The molecule has 1 unspecified atom stereocenters. The minimum absolute atomic E-state index is 0.137. The molecule has 0 aliphatic carbocycles. The summed E-state index contributed by atoms with van der Waals surface area (Å²) < 4.78 is 0. The number of hydrogen-bond acceptors (Lipinski definition) is 4. The lowest BCUT2D eigenvalue weighted by molar-refractivity contribution is -0.125. The van der Waals surface area contributed by atoms with Crippen LogP contribution < -0.4 is 16.4 Å². The number of nitrogens with zero attached hydrogens (tertiary/aromatic N) is 1. The normalized spacial score (nSPS) is 12.0. The molecule has 1 atom stereocenters. The maximum Gasteiger partial charge on any atom is 0.241 e. The van der Waals surface area contributed by atoms with Crippen LogP contribution in [0.25, 0.3) is 0 Å². The lowest BCUT2D eigenvalue weighted by Crippen LogP contribution is -2.46. The third kappa shape index (κ3) is 4.91. The van der Waals surface area contributed by atoms with Gasteiger partial charge >= 0.3 is 0 Å². The molecule has 0 fully saturated rings. The van der Waals surface area contributed by atoms with Crippen LogP contribution in [-0.2, 0) is 9.59 Å². The highest BCUT2D eigenvalue weighted by Crippen LogP contribution is 2.22. The van der Waals surface area contributed by atoms with Crippen molar-refractivity contribution in [3.05, 3.63) is 23.2 Å². The van der Waals surface area contributed by atoms with Crippen LogP contribution >= 0.6 is 11.6 Å². The molecular weight excluding hydrogens is 292 g/mol. The van der Waals surface area contributed by atoms with Crippen molar-refractivity contribution in [1.29, 1.82) is 0 Å². The molecule has 0 aromatic heterocycles. The minimum atomic E-state index is -0.456. The number of nitrogens with one attached hydrogen (secondary N) is 2. The maximum absolute atomic E-state index is 12.2. The number of nitrogens with two attached hydrogens (primary N) is 1. The Kier molecular flexibility index (Phi) is 6.45. The number of carbonyl (C=O) groups is 2. The van der Waals surface area contributed by atoms with Crippen molar-refractivity contribution in [2.45, 2.75) is 19.9 Å². The van der Waals surface area contributed by atoms with Crippen molar-refractivity contribution in [3.8, 4) is 0 Å². The Bertz CT molecular complexity index is 522. The van der Waals surface area contributed by atoms with Crippen molar-refractivity contribution in [2.75, 3.05) is 31.2 Å². The molecule has 0 saturated carbocycles. The fourth-order valence-corrected chi connectivity index (χ4v) is 2.02. The molecule has 0 heterocycles. The third-order valence-corrected chi connectivity index (χ3v) is 3.47. The molecule has 1 aromatic carbocycles. The second kappa shape index (κ2) is 7.85. The van der Waals surface area contributed by atoms with Crippen LogP contribution in [-0.4, -0.2) is 42.9 Å². The topological polar surface area (TPSA) is 87.5 Å². The highest BCUT2D eigenvalue weighted by Gasteiger charge is 2.22. The molecule has 6 nitrogen and oxygen atoms in total. The predicted molar refractivity (Wildman–Crippen MR) is 85.3 cm³/mol. The quantitative estimate of drug-likeness (QED) is 0.691. The monoisotopic (exact) mass is 312 g/mol. The summed E-state index contributed by atoms with van der Waals surface area (Å²) in [6.07, 6.45) is 0. The van der Waals surface area contributed by atoms with Gasteiger partial charge in [-0.1, -0.05) is 18.5 Å². The highest BCUT2D eigenvalue weighted by atomic mass is 35.5. The summed E-state index contributed by atoms with van der Waals surface area (Å²) in [6, 6.07) is 4.42. The van der Waals surface area contributed by atoms with Crippen LogP contribution in [0.3, 0.4) is 0 Å². The third-order valence-electron chi connectivity index (χ3n) is 3.23. The van der Waals surface area contributed by atoms with Gasteiger partial charge in [-0.05, 0) is 31.7 Å². The number of rotatable bonds is 6. The molecule has 116 valence electrons. The van der Waals surface area contributed by atoms with E-state index in [9.17, 15) is 9.59 Å². The number of halogens is 1. The Balaban J connectivity index is 2.74. The molecule has 1 rings (SSSR count). The van der Waals surface area contributed by atoms with Crippen LogP contribution in [0.15, 0.2) is 18.2 Å². The smallest absolute Gasteiger partial charge is 0.241 e. The Morgan fingerprint density at radius 3 is 2.62 bits per heavy atom. The van der Waals surface area contributed by atoms with Crippen molar-refractivity contribution in [1.82, 2.24) is 10.2 Å². The number of carbonyl (C=O) groups excluding carboxylic acids is 2. The van der Waals surface area contributed by atoms with E-state index in [1.165, 1.54) is 0 Å². The van der Waals surface area contributed by atoms with Gasteiger partial charge in [0.1, 0.15) is 0 Å². The molecule has 7 heteroatoms. The van der Waals surface area contributed by atoms with Crippen molar-refractivity contribution in [2.24, 2.45) is 0 Å². The summed E-state index contributed by atoms with van der Waals surface area (Å²) in [7, 11) is 1.56. The zero-order chi connectivity index (χ0) is 16.0. The summed E-state index contributed by atoms with van der Waals surface area (Å²) in [4.78, 5) is 25.4. The number of amides is 2. The zero-order valence-electron chi connectivity index (χ0n) is 12.4. The number of likely N-dealkylation sites (N-methyl/N-ethyl adjacent to an activating group) is 2. The Hall–Kier alpha value is -1.79. The van der Waals surface area contributed by atoms with E-state index in [0.29, 0.717) is 22.9 Å². The number of nitrogen functional groups attached to an aromatic ring is 1. The van der Waals surface area contributed by atoms with Crippen LogP contribution in [0.5, 0.6) is 0 Å². The summed E-state index contributed by atoms with van der Waals surface area (Å²) in [5, 5.41) is 5.80. The van der Waals surface area contributed by atoms with E-state index in [4.69, 9.17) is 17.3 Å². The van der Waals surface area contributed by atoms with Crippen LogP contribution in [0.1, 0.15) is 13.8 Å². The summed E-state index contributed by atoms with van der Waals surface area (Å²) >= 11 is 5.82. The van der Waals surface area contributed by atoms with Gasteiger partial charge in [0.15, 0.2) is 0 Å². The molecule has 21 heavy (non-hydrogen) atoms. The van der Waals surface area contributed by atoms with Gasteiger partial charge in [-0.2, -0.15) is 0 Å². The average molecular weight is 313 g/mol. The number of anilines is 2. The van der Waals surface area contributed by atoms with Crippen molar-refractivity contribution < 1.29 is 9.59 Å². The van der Waals surface area contributed by atoms with Crippen molar-refractivity contribution in [3.63, 3.8) is 0 Å². The van der Waals surface area contributed by atoms with Gasteiger partial charge in [0.2, 0.25) is 11.8 Å². The predicted octanol–water partition coefficient (Wildman–Crippen LogP) is 1.32. The average Bonchev–Trinajstić information content (AvgIpc) is 2.46. The first-order valence-electron chi connectivity index (χ1n) is 6.69. The summed E-state index contributed by atoms with van der Waals surface area (Å²) in [5.74, 6) is -0.364. The molecule has 0 radical (unpaired) electrons. The Labute approximate surface area is 129 Å². The largest absolute Gasteiger partial charge is 0.397 e. The van der Waals surface area contributed by atoms with E-state index < -0.39 is 6.04 Å². The molecule has 1 aromatic rings. The van der Waals surface area contributed by atoms with Gasteiger partial charge in [0, 0.05) is 12.1 Å². The lowest BCUT2D eigenvalue weighted by atomic mass is 10.2. The van der Waals surface area contributed by atoms with Gasteiger partial charge in [0.05, 0.1) is 24.0 Å². The van der Waals surface area contributed by atoms with Crippen molar-refractivity contribution >= 4 is 34.8 Å². The lowest BCUT2D eigenvalue weighted by Gasteiger charge is -2.26. The molecule has 0 spiro atoms. The SMILES string of the molecule is CCN(CC(=O)NC)C(C)C(=O)Nc1ccc(Cl)cc1N. The van der Waals surface area contributed by atoms with Crippen LogP contribution in [0.4, 0.5) is 11.4 Å². The summed E-state index contributed by atoms with van der Waals surface area (Å²) in [6.45, 7) is 4.38. The zero-order valence-corrected chi connectivity index (χ0v) is 13.2. The molecule has 4 N–H and O–H groups in total. The second-order valence-corrected chi connectivity index (χ2v) is 5.07. The first-order chi connectivity index (χ1) is 9.88. The Morgan fingerprint density at radius 2 is 2.10 bits per heavy atom. The highest BCUT2D eigenvalue weighted by molar-refractivity contribution is 6.31. The first kappa shape index (κ1) is 17.3. The van der Waals surface area contributed by atoms with Gasteiger partial charge in [-0.3, -0.25) is 14.5 Å². The molecule has 0 aliphatic rings. The summed E-state index contributed by atoms with van der Waals surface area (Å²) in [5.41, 5.74) is 6.71. The maximum atomic E-state index is 12.2.